The van der Waals surface area contributed by atoms with Crippen LogP contribution < -0.4 is 5.32 Å². The molecule has 1 nitrogen and oxygen atoms in total. The van der Waals surface area contributed by atoms with Gasteiger partial charge in [-0.05, 0) is 24.9 Å². The molecule has 1 saturated heterocycles. The van der Waals surface area contributed by atoms with Crippen LogP contribution in [0.25, 0.3) is 0 Å². The van der Waals surface area contributed by atoms with Gasteiger partial charge in [0.2, 0.25) is 0 Å². The summed E-state index contributed by atoms with van der Waals surface area (Å²) in [6.07, 6.45) is 0. The van der Waals surface area contributed by atoms with E-state index in [9.17, 15) is 0 Å². The zero-order chi connectivity index (χ0) is 9.26. The zero-order valence-corrected chi connectivity index (χ0v) is 8.38. The van der Waals surface area contributed by atoms with Crippen molar-refractivity contribution < 1.29 is 0 Å². The van der Waals surface area contributed by atoms with Crippen LogP contribution in [0.1, 0.15) is 24.0 Å². The van der Waals surface area contributed by atoms with Crippen molar-refractivity contribution in [2.75, 3.05) is 13.1 Å². The van der Waals surface area contributed by atoms with Crippen molar-refractivity contribution in [3.8, 4) is 0 Å². The van der Waals surface area contributed by atoms with Crippen LogP contribution in [-0.2, 0) is 0 Å². The van der Waals surface area contributed by atoms with E-state index < -0.39 is 0 Å². The van der Waals surface area contributed by atoms with Gasteiger partial charge >= 0.3 is 0 Å². The highest BCUT2D eigenvalue weighted by molar-refractivity contribution is 5.26. The maximum absolute atomic E-state index is 3.44. The van der Waals surface area contributed by atoms with Crippen molar-refractivity contribution in [3.05, 3.63) is 35.4 Å². The second-order valence-corrected chi connectivity index (χ2v) is 4.15. The summed E-state index contributed by atoms with van der Waals surface area (Å²) in [7, 11) is 0. The van der Waals surface area contributed by atoms with Crippen LogP contribution in [0, 0.1) is 12.8 Å². The van der Waals surface area contributed by atoms with Gasteiger partial charge < -0.3 is 5.32 Å². The molecule has 1 heteroatoms. The summed E-state index contributed by atoms with van der Waals surface area (Å²) in [6, 6.07) is 8.95. The third-order valence-electron chi connectivity index (χ3n) is 3.02. The summed E-state index contributed by atoms with van der Waals surface area (Å²) < 4.78 is 0. The van der Waals surface area contributed by atoms with E-state index in [-0.39, 0.29) is 0 Å². The maximum Gasteiger partial charge on any atom is 0.00233 e. The van der Waals surface area contributed by atoms with Crippen molar-refractivity contribution in [1.29, 1.82) is 0 Å². The molecule has 1 aliphatic heterocycles. The van der Waals surface area contributed by atoms with Crippen LogP contribution in [0.2, 0.25) is 0 Å². The minimum atomic E-state index is 0.723. The second kappa shape index (κ2) is 3.51. The van der Waals surface area contributed by atoms with E-state index >= 15 is 0 Å². The average molecular weight is 175 g/mol. The predicted octanol–water partition coefficient (Wildman–Crippen LogP) is 2.32. The Bertz CT molecular complexity index is 276. The summed E-state index contributed by atoms with van der Waals surface area (Å²) in [6.45, 7) is 6.77. The quantitative estimate of drug-likeness (QED) is 0.690. The molecule has 2 rings (SSSR count). The Hall–Kier alpha value is -0.820. The lowest BCUT2D eigenvalue weighted by Gasteiger charge is -2.14. The van der Waals surface area contributed by atoms with Crippen LogP contribution in [0.15, 0.2) is 24.3 Å². The van der Waals surface area contributed by atoms with E-state index in [1.807, 2.05) is 0 Å². The molecule has 1 aromatic rings. The average Bonchev–Trinajstić information content (AvgIpc) is 2.53. The Morgan fingerprint density at radius 2 is 1.85 bits per heavy atom. The Morgan fingerprint density at radius 1 is 1.15 bits per heavy atom. The highest BCUT2D eigenvalue weighted by Crippen LogP contribution is 2.27. The van der Waals surface area contributed by atoms with Gasteiger partial charge in [0.25, 0.3) is 0 Å². The second-order valence-electron chi connectivity index (χ2n) is 4.15. The van der Waals surface area contributed by atoms with Crippen LogP contribution in [-0.4, -0.2) is 13.1 Å². The summed E-state index contributed by atoms with van der Waals surface area (Å²) >= 11 is 0. The molecule has 13 heavy (non-hydrogen) atoms. The molecule has 1 N–H and O–H groups in total. The van der Waals surface area contributed by atoms with Crippen LogP contribution in [0.5, 0.6) is 0 Å². The van der Waals surface area contributed by atoms with Gasteiger partial charge in [-0.3, -0.25) is 0 Å². The lowest BCUT2D eigenvalue weighted by molar-refractivity contribution is 0.572. The fourth-order valence-corrected chi connectivity index (χ4v) is 2.07. The monoisotopic (exact) mass is 175 g/mol. The van der Waals surface area contributed by atoms with Gasteiger partial charge in [-0.1, -0.05) is 36.8 Å². The first-order chi connectivity index (χ1) is 6.27. The molecule has 70 valence electrons. The molecular weight excluding hydrogens is 158 g/mol. The number of nitrogens with one attached hydrogen (secondary N) is 1. The number of rotatable bonds is 1. The summed E-state index contributed by atoms with van der Waals surface area (Å²) in [5.74, 6) is 1.50. The number of benzene rings is 1. The molecule has 1 aromatic carbocycles. The minimum absolute atomic E-state index is 0.723. The van der Waals surface area contributed by atoms with Gasteiger partial charge in [0.05, 0.1) is 0 Å². The Labute approximate surface area is 80.2 Å². The van der Waals surface area contributed by atoms with Crippen molar-refractivity contribution in [3.63, 3.8) is 0 Å². The fourth-order valence-electron chi connectivity index (χ4n) is 2.07. The van der Waals surface area contributed by atoms with E-state index in [0.717, 1.165) is 18.4 Å². The van der Waals surface area contributed by atoms with Crippen molar-refractivity contribution in [2.24, 2.45) is 5.92 Å². The largest absolute Gasteiger partial charge is 0.316 e. The number of aryl methyl sites for hydroxylation is 1. The van der Waals surface area contributed by atoms with Crippen LogP contribution >= 0.6 is 0 Å². The molecule has 0 amide bonds. The Kier molecular flexibility index (Phi) is 2.36. The molecule has 0 radical (unpaired) electrons. The molecule has 0 aliphatic carbocycles. The summed E-state index contributed by atoms with van der Waals surface area (Å²) in [5, 5.41) is 3.44. The normalized spacial score (nSPS) is 27.8. The Morgan fingerprint density at radius 3 is 2.38 bits per heavy atom. The van der Waals surface area contributed by atoms with Gasteiger partial charge in [0.15, 0.2) is 0 Å². The molecule has 0 saturated carbocycles. The number of hydrogen-bond acceptors (Lipinski definition) is 1. The SMILES string of the molecule is Cc1ccc([C@H]2CNC[C@@H]2C)cc1. The topological polar surface area (TPSA) is 12.0 Å². The maximum atomic E-state index is 3.44. The first kappa shape index (κ1) is 8.76. The third-order valence-corrected chi connectivity index (χ3v) is 3.02. The van der Waals surface area contributed by atoms with E-state index in [2.05, 4.69) is 43.4 Å². The van der Waals surface area contributed by atoms with Crippen molar-refractivity contribution in [2.45, 2.75) is 19.8 Å². The van der Waals surface area contributed by atoms with Gasteiger partial charge in [0, 0.05) is 12.5 Å². The van der Waals surface area contributed by atoms with E-state index in [4.69, 9.17) is 0 Å². The van der Waals surface area contributed by atoms with Gasteiger partial charge in [0.1, 0.15) is 0 Å². The Balaban J connectivity index is 2.20. The highest BCUT2D eigenvalue weighted by Gasteiger charge is 2.23. The smallest absolute Gasteiger partial charge is 0.00233 e. The number of hydrogen-bond donors (Lipinski definition) is 1. The molecule has 1 fully saturated rings. The van der Waals surface area contributed by atoms with Crippen molar-refractivity contribution >= 4 is 0 Å². The van der Waals surface area contributed by atoms with Crippen LogP contribution in [0.4, 0.5) is 0 Å². The van der Waals surface area contributed by atoms with E-state index in [0.29, 0.717) is 0 Å². The van der Waals surface area contributed by atoms with Gasteiger partial charge in [-0.15, -0.1) is 0 Å². The standard InChI is InChI=1S/C12H17N/c1-9-3-5-11(6-4-9)12-8-13-7-10(12)2/h3-6,10,12-13H,7-8H2,1-2H3/t10-,12-/m0/s1. The molecule has 2 atom stereocenters. The summed E-state index contributed by atoms with van der Waals surface area (Å²) in [5.41, 5.74) is 2.84. The summed E-state index contributed by atoms with van der Waals surface area (Å²) in [4.78, 5) is 0. The van der Waals surface area contributed by atoms with E-state index in [1.54, 1.807) is 0 Å². The van der Waals surface area contributed by atoms with Crippen molar-refractivity contribution in [1.82, 2.24) is 5.32 Å². The molecule has 1 aliphatic rings. The van der Waals surface area contributed by atoms with Gasteiger partial charge in [-0.25, -0.2) is 0 Å². The lowest BCUT2D eigenvalue weighted by Crippen LogP contribution is -2.07. The van der Waals surface area contributed by atoms with Crippen LogP contribution in [0.3, 0.4) is 0 Å². The zero-order valence-electron chi connectivity index (χ0n) is 8.38. The first-order valence-electron chi connectivity index (χ1n) is 5.04. The molecule has 0 spiro atoms. The van der Waals surface area contributed by atoms with E-state index in [1.165, 1.54) is 17.7 Å². The van der Waals surface area contributed by atoms with Gasteiger partial charge in [-0.2, -0.15) is 0 Å². The highest BCUT2D eigenvalue weighted by atomic mass is 14.9. The first-order valence-corrected chi connectivity index (χ1v) is 5.04. The lowest BCUT2D eigenvalue weighted by atomic mass is 9.90. The molecule has 0 aromatic heterocycles. The molecule has 0 unspecified atom stereocenters. The molecular formula is C12H17N. The minimum Gasteiger partial charge on any atom is -0.316 e. The predicted molar refractivity (Wildman–Crippen MR) is 56.0 cm³/mol. The fraction of sp³-hybridized carbons (Fsp3) is 0.500. The molecule has 0 bridgehead atoms. The molecule has 1 heterocycles. The third kappa shape index (κ3) is 1.75.